The van der Waals surface area contributed by atoms with Crippen LogP contribution in [0.1, 0.15) is 27.7 Å². The predicted octanol–water partition coefficient (Wildman–Crippen LogP) is 1.79. The average Bonchev–Trinajstić information content (AvgIpc) is 2.12. The third-order valence-electron chi connectivity index (χ3n) is 3.23. The van der Waals surface area contributed by atoms with Gasteiger partial charge in [0.2, 0.25) is 5.66 Å². The maximum Gasteiger partial charge on any atom is 0.224 e. The van der Waals surface area contributed by atoms with Crippen LogP contribution in [-0.4, -0.2) is 38.9 Å². The second-order valence-electron chi connectivity index (χ2n) is 4.49. The van der Waals surface area contributed by atoms with Gasteiger partial charge in [-0.25, -0.2) is 4.90 Å². The first kappa shape index (κ1) is 11.0. The molecule has 0 bridgehead atoms. The Balaban J connectivity index is 3.23. The van der Waals surface area contributed by atoms with Crippen LogP contribution < -0.4 is 0 Å². The normalized spacial score (nSPS) is 26.9. The van der Waals surface area contributed by atoms with Gasteiger partial charge >= 0.3 is 0 Å². The van der Waals surface area contributed by atoms with Crippen LogP contribution in [0.25, 0.3) is 0 Å². The van der Waals surface area contributed by atoms with E-state index < -0.39 is 5.66 Å². The molecule has 0 aromatic heterocycles. The van der Waals surface area contributed by atoms with Gasteiger partial charge in [0.1, 0.15) is 5.54 Å². The van der Waals surface area contributed by atoms with Crippen molar-refractivity contribution in [2.24, 2.45) is 0 Å². The summed E-state index contributed by atoms with van der Waals surface area (Å²) in [5, 5.41) is 12.5. The molecule has 0 atom stereocenters. The van der Waals surface area contributed by atoms with Gasteiger partial charge in [-0.2, -0.15) is 4.74 Å². The van der Waals surface area contributed by atoms with Crippen molar-refractivity contribution in [3.8, 4) is 0 Å². The van der Waals surface area contributed by atoms with E-state index in [0.717, 1.165) is 10.5 Å². The van der Waals surface area contributed by atoms with Gasteiger partial charge in [-0.05, 0) is 20.9 Å². The minimum Gasteiger partial charge on any atom is -0.622 e. The van der Waals surface area contributed by atoms with Gasteiger partial charge in [0.05, 0.1) is 5.33 Å². The molecule has 0 spiro atoms. The lowest BCUT2D eigenvalue weighted by atomic mass is 9.98. The first-order chi connectivity index (χ1) is 5.76. The molecule has 1 aliphatic rings. The van der Waals surface area contributed by atoms with Gasteiger partial charge in [0, 0.05) is 13.8 Å². The fourth-order valence-electron chi connectivity index (χ4n) is 1.81. The van der Waals surface area contributed by atoms with Crippen LogP contribution >= 0.6 is 15.9 Å². The van der Waals surface area contributed by atoms with Crippen molar-refractivity contribution in [3.05, 3.63) is 5.21 Å². The Labute approximate surface area is 88.1 Å². The predicted molar refractivity (Wildman–Crippen MR) is 58.3 cm³/mol. The van der Waals surface area contributed by atoms with Gasteiger partial charge in [-0.3, -0.25) is 0 Å². The van der Waals surface area contributed by atoms with E-state index >= 15 is 0 Å². The Morgan fingerprint density at radius 1 is 1.38 bits per heavy atom. The molecule has 76 valence electrons. The summed E-state index contributed by atoms with van der Waals surface area (Å²) in [7, 11) is 1.99. The van der Waals surface area contributed by atoms with Gasteiger partial charge in [-0.15, -0.1) is 0 Å². The highest BCUT2D eigenvalue weighted by Crippen LogP contribution is 2.32. The van der Waals surface area contributed by atoms with E-state index in [2.05, 4.69) is 34.7 Å². The second kappa shape index (κ2) is 2.95. The van der Waals surface area contributed by atoms with Crippen molar-refractivity contribution in [1.82, 2.24) is 4.90 Å². The maximum atomic E-state index is 11.9. The van der Waals surface area contributed by atoms with Gasteiger partial charge in [0.25, 0.3) is 0 Å². The fraction of sp³-hybridized carbons (Fsp3) is 0.889. The molecule has 0 aliphatic carbocycles. The van der Waals surface area contributed by atoms with Crippen molar-refractivity contribution in [2.45, 2.75) is 38.9 Å². The van der Waals surface area contributed by atoms with E-state index in [1.807, 2.05) is 20.9 Å². The van der Waals surface area contributed by atoms with E-state index in [1.54, 1.807) is 0 Å². The maximum absolute atomic E-state index is 11.9. The first-order valence-corrected chi connectivity index (χ1v) is 5.52. The summed E-state index contributed by atoms with van der Waals surface area (Å²) in [4.78, 5) is 2.10. The summed E-state index contributed by atoms with van der Waals surface area (Å²) in [6.07, 6.45) is 0. The Bertz CT molecular complexity index is 258. The van der Waals surface area contributed by atoms with Crippen LogP contribution in [-0.2, 0) is 0 Å². The van der Waals surface area contributed by atoms with Crippen LogP contribution in [0, 0.1) is 5.21 Å². The molecule has 0 N–H and O–H groups in total. The number of halogens is 1. The van der Waals surface area contributed by atoms with E-state index in [4.69, 9.17) is 0 Å². The third-order valence-corrected chi connectivity index (χ3v) is 3.77. The van der Waals surface area contributed by atoms with Crippen molar-refractivity contribution in [2.75, 3.05) is 12.4 Å². The van der Waals surface area contributed by atoms with Crippen molar-refractivity contribution >= 4 is 21.6 Å². The van der Waals surface area contributed by atoms with Crippen molar-refractivity contribution in [3.63, 3.8) is 0 Å². The Hall–Kier alpha value is -0.0900. The summed E-state index contributed by atoms with van der Waals surface area (Å²) in [5.74, 6) is 0. The summed E-state index contributed by atoms with van der Waals surface area (Å²) in [5.41, 5.74) is 0.293. The topological polar surface area (TPSA) is 29.3 Å². The molecule has 0 saturated heterocycles. The number of rotatable bonds is 1. The zero-order valence-corrected chi connectivity index (χ0v) is 10.5. The van der Waals surface area contributed by atoms with Gasteiger partial charge in [-0.1, -0.05) is 15.9 Å². The van der Waals surface area contributed by atoms with Crippen LogP contribution in [0.4, 0.5) is 0 Å². The number of hydrogen-bond acceptors (Lipinski definition) is 2. The molecule has 0 fully saturated rings. The molecule has 0 amide bonds. The Kier molecular flexibility index (Phi) is 2.50. The molecular formula is C9H17BrN2O. The SMILES string of the molecule is CN1C(C)(C)C(CBr)=[N+]([O-])C1(C)C. The highest BCUT2D eigenvalue weighted by molar-refractivity contribution is 9.09. The van der Waals surface area contributed by atoms with Crippen LogP contribution in [0.3, 0.4) is 0 Å². The highest BCUT2D eigenvalue weighted by atomic mass is 79.9. The minimum absolute atomic E-state index is 0.158. The summed E-state index contributed by atoms with van der Waals surface area (Å²) >= 11 is 3.37. The smallest absolute Gasteiger partial charge is 0.224 e. The summed E-state index contributed by atoms with van der Waals surface area (Å²) < 4.78 is 1.11. The molecule has 1 heterocycles. The second-order valence-corrected chi connectivity index (χ2v) is 5.05. The van der Waals surface area contributed by atoms with Crippen LogP contribution in [0.15, 0.2) is 0 Å². The van der Waals surface area contributed by atoms with E-state index in [9.17, 15) is 5.21 Å². The molecule has 0 aromatic carbocycles. The highest BCUT2D eigenvalue weighted by Gasteiger charge is 2.53. The number of alkyl halides is 1. The number of hydrogen-bond donors (Lipinski definition) is 0. The quantitative estimate of drug-likeness (QED) is 0.403. The molecule has 4 heteroatoms. The zero-order valence-electron chi connectivity index (χ0n) is 8.89. The molecule has 1 rings (SSSR count). The summed E-state index contributed by atoms with van der Waals surface area (Å²) in [6, 6.07) is 0. The molecule has 0 saturated carbocycles. The number of hydroxylamine groups is 1. The molecule has 0 radical (unpaired) electrons. The first-order valence-electron chi connectivity index (χ1n) is 4.40. The lowest BCUT2D eigenvalue weighted by Crippen LogP contribution is -2.51. The molecule has 1 aliphatic heterocycles. The lowest BCUT2D eigenvalue weighted by molar-refractivity contribution is -0.556. The minimum atomic E-state index is -0.438. The zero-order chi connectivity index (χ0) is 10.4. The molecule has 3 nitrogen and oxygen atoms in total. The molecule has 0 unspecified atom stereocenters. The van der Waals surface area contributed by atoms with E-state index in [-0.39, 0.29) is 5.54 Å². The van der Waals surface area contributed by atoms with Crippen LogP contribution in [0.2, 0.25) is 0 Å². The molecule has 13 heavy (non-hydrogen) atoms. The van der Waals surface area contributed by atoms with E-state index in [1.165, 1.54) is 0 Å². The molecule has 0 aromatic rings. The van der Waals surface area contributed by atoms with Crippen LogP contribution in [0.5, 0.6) is 0 Å². The largest absolute Gasteiger partial charge is 0.622 e. The Morgan fingerprint density at radius 3 is 2.00 bits per heavy atom. The fourth-order valence-corrected chi connectivity index (χ4v) is 2.72. The average molecular weight is 249 g/mol. The van der Waals surface area contributed by atoms with Gasteiger partial charge in [0.15, 0.2) is 5.71 Å². The van der Waals surface area contributed by atoms with Crippen molar-refractivity contribution < 1.29 is 4.74 Å². The monoisotopic (exact) mass is 248 g/mol. The Morgan fingerprint density at radius 2 is 1.85 bits per heavy atom. The lowest BCUT2D eigenvalue weighted by Gasteiger charge is -2.32. The summed E-state index contributed by atoms with van der Waals surface area (Å²) in [6.45, 7) is 8.03. The molecular weight excluding hydrogens is 232 g/mol. The van der Waals surface area contributed by atoms with E-state index in [0.29, 0.717) is 5.33 Å². The van der Waals surface area contributed by atoms with Crippen molar-refractivity contribution in [1.29, 1.82) is 0 Å². The third kappa shape index (κ3) is 1.31. The standard InChI is InChI=1S/C9H17BrN2O/c1-8(2)7(6-10)12(13)9(3,4)11(8)5/h6H2,1-5H3. The van der Waals surface area contributed by atoms with Gasteiger partial charge < -0.3 is 5.21 Å². The number of nitrogens with zero attached hydrogens (tertiary/aromatic N) is 2.